The molecule has 1 aromatic carbocycles. The minimum absolute atomic E-state index is 0.0672. The second-order valence-electron chi connectivity index (χ2n) is 8.39. The lowest BCUT2D eigenvalue weighted by Gasteiger charge is -2.34. The fraction of sp³-hybridized carbons (Fsp3) is 0.435. The Morgan fingerprint density at radius 2 is 1.68 bits per heavy atom. The molecule has 162 valence electrons. The van der Waals surface area contributed by atoms with E-state index in [1.807, 2.05) is 24.3 Å². The number of nitrogens with one attached hydrogen (secondary N) is 1. The van der Waals surface area contributed by atoms with Crippen molar-refractivity contribution in [1.82, 2.24) is 9.13 Å². The standard InChI is InChI=1S/C23H26N4O4/c1-25-21-20(22(29)26(2)23(25)30)18(19-16(24-21)4-3-5-17(19)28)14-6-8-15(9-7-14)27-10-12-31-13-11-27/h6-9,18,24H,3-5,10-13H2,1-2H3/t18-/m1/s1. The Bertz CT molecular complexity index is 1200. The number of aromatic nitrogens is 2. The lowest BCUT2D eigenvalue weighted by molar-refractivity contribution is -0.116. The number of carbonyl (C=O) groups excluding carboxylic acids is 1. The quantitative estimate of drug-likeness (QED) is 0.789. The normalized spacial score (nSPS) is 20.9. The van der Waals surface area contributed by atoms with Crippen molar-refractivity contribution in [2.45, 2.75) is 25.2 Å². The van der Waals surface area contributed by atoms with Crippen LogP contribution in [0.2, 0.25) is 0 Å². The summed E-state index contributed by atoms with van der Waals surface area (Å²) >= 11 is 0. The first kappa shape index (κ1) is 19.8. The van der Waals surface area contributed by atoms with E-state index in [1.165, 1.54) is 11.6 Å². The van der Waals surface area contributed by atoms with Crippen LogP contribution in [0.25, 0.3) is 0 Å². The largest absolute Gasteiger partial charge is 0.378 e. The van der Waals surface area contributed by atoms with E-state index in [4.69, 9.17) is 4.74 Å². The second-order valence-corrected chi connectivity index (χ2v) is 8.39. The van der Waals surface area contributed by atoms with Crippen molar-refractivity contribution in [2.24, 2.45) is 14.1 Å². The minimum Gasteiger partial charge on any atom is -0.378 e. The van der Waals surface area contributed by atoms with Crippen LogP contribution >= 0.6 is 0 Å². The summed E-state index contributed by atoms with van der Waals surface area (Å²) in [5.41, 5.74) is 3.18. The topological polar surface area (TPSA) is 85.6 Å². The first-order chi connectivity index (χ1) is 15.0. The fourth-order valence-corrected chi connectivity index (χ4v) is 4.93. The van der Waals surface area contributed by atoms with Gasteiger partial charge < -0.3 is 15.0 Å². The van der Waals surface area contributed by atoms with E-state index < -0.39 is 5.92 Å². The molecule has 1 saturated heterocycles. The molecule has 2 aromatic rings. The van der Waals surface area contributed by atoms with Gasteiger partial charge in [-0.15, -0.1) is 0 Å². The highest BCUT2D eigenvalue weighted by atomic mass is 16.5. The van der Waals surface area contributed by atoms with E-state index in [1.54, 1.807) is 7.05 Å². The maximum absolute atomic E-state index is 13.2. The van der Waals surface area contributed by atoms with Gasteiger partial charge in [-0.1, -0.05) is 12.1 Å². The number of hydrogen-bond donors (Lipinski definition) is 1. The van der Waals surface area contributed by atoms with Crippen molar-refractivity contribution < 1.29 is 9.53 Å². The van der Waals surface area contributed by atoms with Gasteiger partial charge in [-0.25, -0.2) is 4.79 Å². The van der Waals surface area contributed by atoms with Crippen LogP contribution in [0.15, 0.2) is 45.1 Å². The Balaban J connectivity index is 1.67. The van der Waals surface area contributed by atoms with Crippen LogP contribution in [-0.2, 0) is 23.6 Å². The number of rotatable bonds is 2. The third-order valence-electron chi connectivity index (χ3n) is 6.60. The highest BCUT2D eigenvalue weighted by Gasteiger charge is 2.38. The summed E-state index contributed by atoms with van der Waals surface area (Å²) in [6, 6.07) is 8.09. The van der Waals surface area contributed by atoms with Gasteiger partial charge in [0.25, 0.3) is 5.56 Å². The zero-order chi connectivity index (χ0) is 21.7. The summed E-state index contributed by atoms with van der Waals surface area (Å²) in [4.78, 5) is 41.0. The molecule has 3 aliphatic rings. The lowest BCUT2D eigenvalue weighted by atomic mass is 9.76. The Morgan fingerprint density at radius 3 is 2.39 bits per heavy atom. The van der Waals surface area contributed by atoms with Crippen LogP contribution in [-0.4, -0.2) is 41.2 Å². The van der Waals surface area contributed by atoms with Crippen LogP contribution in [0.3, 0.4) is 0 Å². The van der Waals surface area contributed by atoms with Gasteiger partial charge in [0.1, 0.15) is 5.82 Å². The van der Waals surface area contributed by atoms with Crippen LogP contribution in [0.5, 0.6) is 0 Å². The molecule has 5 rings (SSSR count). The molecule has 31 heavy (non-hydrogen) atoms. The monoisotopic (exact) mass is 422 g/mol. The van der Waals surface area contributed by atoms with Gasteiger partial charge in [0.15, 0.2) is 5.78 Å². The van der Waals surface area contributed by atoms with Crippen molar-refractivity contribution in [3.63, 3.8) is 0 Å². The van der Waals surface area contributed by atoms with Gasteiger partial charge in [-0.05, 0) is 30.5 Å². The molecular formula is C23H26N4O4. The van der Waals surface area contributed by atoms with Crippen molar-refractivity contribution in [3.05, 3.63) is 67.5 Å². The number of carbonyl (C=O) groups is 1. The molecule has 1 N–H and O–H groups in total. The molecule has 0 amide bonds. The Labute approximate surface area is 179 Å². The van der Waals surface area contributed by atoms with Crippen LogP contribution in [0, 0.1) is 0 Å². The van der Waals surface area contributed by atoms with E-state index in [-0.39, 0.29) is 17.0 Å². The Morgan fingerprint density at radius 1 is 0.968 bits per heavy atom. The number of ether oxygens (including phenoxy) is 1. The molecule has 8 heteroatoms. The number of Topliss-reactive ketones (excluding diaryl/α,β-unsaturated/α-hetero) is 1. The van der Waals surface area contributed by atoms with E-state index in [9.17, 15) is 14.4 Å². The molecule has 3 heterocycles. The van der Waals surface area contributed by atoms with Gasteiger partial charge in [0.2, 0.25) is 0 Å². The molecule has 1 atom stereocenters. The van der Waals surface area contributed by atoms with Gasteiger partial charge in [-0.3, -0.25) is 18.7 Å². The predicted molar refractivity (Wildman–Crippen MR) is 118 cm³/mol. The Kier molecular flexibility index (Phi) is 4.81. The number of ketones is 1. The molecule has 1 fully saturated rings. The summed E-state index contributed by atoms with van der Waals surface area (Å²) in [7, 11) is 3.14. The Hall–Kier alpha value is -3.13. The van der Waals surface area contributed by atoms with Crippen molar-refractivity contribution in [1.29, 1.82) is 0 Å². The summed E-state index contributed by atoms with van der Waals surface area (Å²) in [5, 5.41) is 3.26. The summed E-state index contributed by atoms with van der Waals surface area (Å²) in [6.07, 6.45) is 1.97. The number of nitrogens with zero attached hydrogens (tertiary/aromatic N) is 3. The summed E-state index contributed by atoms with van der Waals surface area (Å²) in [6.45, 7) is 3.09. The minimum atomic E-state index is -0.483. The highest BCUT2D eigenvalue weighted by molar-refractivity contribution is 6.00. The summed E-state index contributed by atoms with van der Waals surface area (Å²) < 4.78 is 8.02. The molecule has 0 radical (unpaired) electrons. The van der Waals surface area contributed by atoms with E-state index in [0.29, 0.717) is 36.6 Å². The molecule has 0 saturated carbocycles. The maximum atomic E-state index is 13.2. The van der Waals surface area contributed by atoms with E-state index in [0.717, 1.165) is 47.4 Å². The van der Waals surface area contributed by atoms with Gasteiger partial charge in [-0.2, -0.15) is 0 Å². The second kappa shape index (κ2) is 7.53. The average molecular weight is 422 g/mol. The van der Waals surface area contributed by atoms with Crippen molar-refractivity contribution in [2.75, 3.05) is 36.5 Å². The summed E-state index contributed by atoms with van der Waals surface area (Å²) in [5.74, 6) is 0.0738. The number of allylic oxidation sites excluding steroid dienone is 2. The average Bonchev–Trinajstić information content (AvgIpc) is 2.81. The number of anilines is 2. The van der Waals surface area contributed by atoms with Crippen LogP contribution < -0.4 is 21.5 Å². The number of benzene rings is 1. The molecule has 0 bridgehead atoms. The van der Waals surface area contributed by atoms with Gasteiger partial charge in [0.05, 0.1) is 18.8 Å². The van der Waals surface area contributed by atoms with Crippen molar-refractivity contribution in [3.8, 4) is 0 Å². The van der Waals surface area contributed by atoms with Crippen LogP contribution in [0.1, 0.15) is 36.3 Å². The number of fused-ring (bicyclic) bond motifs is 1. The molecular weight excluding hydrogens is 396 g/mol. The smallest absolute Gasteiger partial charge is 0.332 e. The van der Waals surface area contributed by atoms with Gasteiger partial charge in [0, 0.05) is 56.5 Å². The molecule has 0 unspecified atom stereocenters. The zero-order valence-electron chi connectivity index (χ0n) is 17.8. The number of morpholine rings is 1. The van der Waals surface area contributed by atoms with Crippen molar-refractivity contribution >= 4 is 17.3 Å². The number of hydrogen-bond acceptors (Lipinski definition) is 6. The zero-order valence-corrected chi connectivity index (χ0v) is 17.8. The van der Waals surface area contributed by atoms with E-state index >= 15 is 0 Å². The lowest BCUT2D eigenvalue weighted by Crippen LogP contribution is -2.44. The third kappa shape index (κ3) is 3.13. The molecule has 1 aliphatic carbocycles. The van der Waals surface area contributed by atoms with Crippen LogP contribution in [0.4, 0.5) is 11.5 Å². The SMILES string of the molecule is Cn1c2c(c(=O)n(C)c1=O)[C@H](c1ccc(N3CCOCC3)cc1)C1=C(CCCC1=O)N2. The maximum Gasteiger partial charge on any atom is 0.332 e. The molecule has 1 aromatic heterocycles. The first-order valence-corrected chi connectivity index (χ1v) is 10.7. The molecule has 0 spiro atoms. The van der Waals surface area contributed by atoms with Gasteiger partial charge >= 0.3 is 5.69 Å². The molecule has 8 nitrogen and oxygen atoms in total. The molecule has 2 aliphatic heterocycles. The predicted octanol–water partition coefficient (Wildman–Crippen LogP) is 1.49. The van der Waals surface area contributed by atoms with E-state index in [2.05, 4.69) is 10.2 Å². The fourth-order valence-electron chi connectivity index (χ4n) is 4.93. The first-order valence-electron chi connectivity index (χ1n) is 10.7. The highest BCUT2D eigenvalue weighted by Crippen LogP contribution is 2.43. The third-order valence-corrected chi connectivity index (χ3v) is 6.60.